The molecule has 0 saturated heterocycles. The molecule has 0 radical (unpaired) electrons. The maximum absolute atomic E-state index is 10.5. The maximum atomic E-state index is 10.5. The third-order valence-electron chi connectivity index (χ3n) is 3.61. The van der Waals surface area contributed by atoms with E-state index in [1.54, 1.807) is 0 Å². The van der Waals surface area contributed by atoms with Gasteiger partial charge in [0.1, 0.15) is 5.38 Å². The molecule has 0 aliphatic carbocycles. The number of carboxylic acids is 1. The van der Waals surface area contributed by atoms with E-state index in [0.29, 0.717) is 6.42 Å². The molecule has 1 N–H and O–H groups in total. The van der Waals surface area contributed by atoms with Gasteiger partial charge in [0.15, 0.2) is 0 Å². The van der Waals surface area contributed by atoms with Crippen LogP contribution in [0.15, 0.2) is 0 Å². The van der Waals surface area contributed by atoms with Gasteiger partial charge < -0.3 is 5.11 Å². The molecular weight excluding hydrogens is 295 g/mol. The number of halogens is 2. The van der Waals surface area contributed by atoms with Crippen LogP contribution in [0.5, 0.6) is 0 Å². The molecule has 0 amide bonds. The molecule has 0 heterocycles. The van der Waals surface area contributed by atoms with Crippen LogP contribution in [0.4, 0.5) is 0 Å². The highest BCUT2D eigenvalue weighted by Gasteiger charge is 2.11. The van der Waals surface area contributed by atoms with Gasteiger partial charge in [0.2, 0.25) is 0 Å². The van der Waals surface area contributed by atoms with Gasteiger partial charge in [0.25, 0.3) is 0 Å². The second-order valence-electron chi connectivity index (χ2n) is 5.53. The molecule has 120 valence electrons. The number of rotatable bonds is 15. The van der Waals surface area contributed by atoms with Crippen molar-refractivity contribution in [3.05, 3.63) is 0 Å². The molecule has 20 heavy (non-hydrogen) atoms. The van der Waals surface area contributed by atoms with E-state index in [1.807, 2.05) is 0 Å². The Labute approximate surface area is 134 Å². The fraction of sp³-hybridized carbons (Fsp3) is 0.938. The smallest absolute Gasteiger partial charge is 0.321 e. The van der Waals surface area contributed by atoms with Crippen molar-refractivity contribution in [1.82, 2.24) is 0 Å². The van der Waals surface area contributed by atoms with E-state index in [2.05, 4.69) is 0 Å². The van der Waals surface area contributed by atoms with Gasteiger partial charge in [0.05, 0.1) is 0 Å². The zero-order valence-electron chi connectivity index (χ0n) is 12.6. The fourth-order valence-corrected chi connectivity index (χ4v) is 2.65. The molecule has 0 spiro atoms. The molecule has 0 saturated carbocycles. The summed E-state index contributed by atoms with van der Waals surface area (Å²) in [4.78, 5) is 10.5. The Morgan fingerprint density at radius 1 is 0.750 bits per heavy atom. The van der Waals surface area contributed by atoms with E-state index >= 15 is 0 Å². The van der Waals surface area contributed by atoms with Crippen LogP contribution in [0, 0.1) is 0 Å². The molecule has 2 nitrogen and oxygen atoms in total. The minimum atomic E-state index is -0.891. The lowest BCUT2D eigenvalue weighted by molar-refractivity contribution is -0.136. The molecule has 0 aliphatic heterocycles. The number of unbranched alkanes of at least 4 members (excludes halogenated alkanes) is 11. The molecule has 0 rings (SSSR count). The van der Waals surface area contributed by atoms with Gasteiger partial charge in [-0.3, -0.25) is 4.79 Å². The SMILES string of the molecule is O=C(O)C(Cl)CCCCCCCCCCCCCCCl. The van der Waals surface area contributed by atoms with Crippen molar-refractivity contribution < 1.29 is 9.90 Å². The largest absolute Gasteiger partial charge is 0.480 e. The summed E-state index contributed by atoms with van der Waals surface area (Å²) in [7, 11) is 0. The predicted molar refractivity (Wildman–Crippen MR) is 88.0 cm³/mol. The molecule has 0 fully saturated rings. The van der Waals surface area contributed by atoms with Gasteiger partial charge in [-0.15, -0.1) is 23.2 Å². The first-order valence-corrected chi connectivity index (χ1v) is 9.08. The first-order valence-electron chi connectivity index (χ1n) is 8.11. The standard InChI is InChI=1S/C16H30Cl2O2/c17-14-12-10-8-6-4-2-1-3-5-7-9-11-13-15(18)16(19)20/h15H,1-14H2,(H,19,20). The highest BCUT2D eigenvalue weighted by atomic mass is 35.5. The Bertz CT molecular complexity index is 223. The molecular formula is C16H30Cl2O2. The molecule has 0 aromatic rings. The summed E-state index contributed by atoms with van der Waals surface area (Å²) in [5, 5.41) is 7.93. The van der Waals surface area contributed by atoms with E-state index in [9.17, 15) is 4.79 Å². The summed E-state index contributed by atoms with van der Waals surface area (Å²) in [5.74, 6) is -0.0885. The quantitative estimate of drug-likeness (QED) is 0.297. The van der Waals surface area contributed by atoms with Crippen LogP contribution < -0.4 is 0 Å². The molecule has 0 aromatic carbocycles. The third kappa shape index (κ3) is 14.5. The van der Waals surface area contributed by atoms with Crippen molar-refractivity contribution in [3.63, 3.8) is 0 Å². The lowest BCUT2D eigenvalue weighted by Gasteiger charge is -2.04. The Kier molecular flexibility index (Phi) is 15.5. The van der Waals surface area contributed by atoms with Crippen LogP contribution in [-0.4, -0.2) is 22.3 Å². The topological polar surface area (TPSA) is 37.3 Å². The first kappa shape index (κ1) is 20.1. The van der Waals surface area contributed by atoms with Crippen LogP contribution in [0.1, 0.15) is 83.5 Å². The molecule has 0 aromatic heterocycles. The Balaban J connectivity index is 3.04. The summed E-state index contributed by atoms with van der Waals surface area (Å²) < 4.78 is 0. The lowest BCUT2D eigenvalue weighted by atomic mass is 10.0. The molecule has 0 bridgehead atoms. The number of carboxylic acid groups (broad SMARTS) is 1. The van der Waals surface area contributed by atoms with Gasteiger partial charge in [-0.1, -0.05) is 70.6 Å². The Morgan fingerprint density at radius 2 is 1.10 bits per heavy atom. The van der Waals surface area contributed by atoms with Crippen LogP contribution in [-0.2, 0) is 4.79 Å². The van der Waals surface area contributed by atoms with Crippen LogP contribution in [0.3, 0.4) is 0 Å². The summed E-state index contributed by atoms with van der Waals surface area (Å²) in [6, 6.07) is 0. The lowest BCUT2D eigenvalue weighted by Crippen LogP contribution is -2.12. The molecule has 0 aliphatic rings. The van der Waals surface area contributed by atoms with Crippen LogP contribution >= 0.6 is 23.2 Å². The minimum Gasteiger partial charge on any atom is -0.480 e. The van der Waals surface area contributed by atoms with E-state index in [-0.39, 0.29) is 0 Å². The fourth-order valence-electron chi connectivity index (χ4n) is 2.31. The van der Waals surface area contributed by atoms with Crippen LogP contribution in [0.25, 0.3) is 0 Å². The van der Waals surface area contributed by atoms with Crippen molar-refractivity contribution >= 4 is 29.2 Å². The number of hydrogen-bond acceptors (Lipinski definition) is 1. The number of aliphatic carboxylic acids is 1. The van der Waals surface area contributed by atoms with Crippen molar-refractivity contribution in [1.29, 1.82) is 0 Å². The van der Waals surface area contributed by atoms with E-state index in [0.717, 1.165) is 25.1 Å². The van der Waals surface area contributed by atoms with Gasteiger partial charge in [-0.05, 0) is 12.8 Å². The Morgan fingerprint density at radius 3 is 1.45 bits per heavy atom. The maximum Gasteiger partial charge on any atom is 0.321 e. The van der Waals surface area contributed by atoms with Gasteiger partial charge in [-0.25, -0.2) is 0 Å². The van der Waals surface area contributed by atoms with Crippen molar-refractivity contribution in [2.75, 3.05) is 5.88 Å². The third-order valence-corrected chi connectivity index (χ3v) is 4.28. The summed E-state index contributed by atoms with van der Waals surface area (Å²) in [5.41, 5.74) is 0. The normalized spacial score (nSPS) is 12.5. The second-order valence-corrected chi connectivity index (χ2v) is 6.43. The van der Waals surface area contributed by atoms with Gasteiger partial charge in [-0.2, -0.15) is 0 Å². The van der Waals surface area contributed by atoms with Crippen molar-refractivity contribution in [2.24, 2.45) is 0 Å². The summed E-state index contributed by atoms with van der Waals surface area (Å²) >= 11 is 11.3. The van der Waals surface area contributed by atoms with E-state index in [4.69, 9.17) is 28.3 Å². The number of carbonyl (C=O) groups is 1. The zero-order chi connectivity index (χ0) is 15.1. The summed E-state index contributed by atoms with van der Waals surface area (Å²) in [6.45, 7) is 0. The molecule has 1 unspecified atom stereocenters. The van der Waals surface area contributed by atoms with Gasteiger partial charge in [0, 0.05) is 5.88 Å². The average molecular weight is 325 g/mol. The Hall–Kier alpha value is 0.0500. The monoisotopic (exact) mass is 324 g/mol. The van der Waals surface area contributed by atoms with Gasteiger partial charge >= 0.3 is 5.97 Å². The zero-order valence-corrected chi connectivity index (χ0v) is 14.1. The van der Waals surface area contributed by atoms with E-state index < -0.39 is 11.3 Å². The minimum absolute atomic E-state index is 0.596. The molecule has 4 heteroatoms. The highest BCUT2D eigenvalue weighted by Crippen LogP contribution is 2.14. The van der Waals surface area contributed by atoms with Crippen molar-refractivity contribution in [2.45, 2.75) is 88.8 Å². The first-order chi connectivity index (χ1) is 9.68. The van der Waals surface area contributed by atoms with Crippen molar-refractivity contribution in [3.8, 4) is 0 Å². The second kappa shape index (κ2) is 15.4. The average Bonchev–Trinajstić information content (AvgIpc) is 2.43. The summed E-state index contributed by atoms with van der Waals surface area (Å²) in [6.07, 6.45) is 15.6. The number of hydrogen-bond donors (Lipinski definition) is 1. The van der Waals surface area contributed by atoms with E-state index in [1.165, 1.54) is 57.8 Å². The molecule has 1 atom stereocenters. The number of alkyl halides is 2. The predicted octanol–water partition coefficient (Wildman–Crippen LogP) is 5.99. The van der Waals surface area contributed by atoms with Crippen LogP contribution in [0.2, 0.25) is 0 Å². The highest BCUT2D eigenvalue weighted by molar-refractivity contribution is 6.29.